The fraction of sp³-hybridized carbons (Fsp3) is 0.100. The Morgan fingerprint density at radius 1 is 0.463 bits per heavy atom. The van der Waals surface area contributed by atoms with Gasteiger partial charge in [0.2, 0.25) is 0 Å². The van der Waals surface area contributed by atoms with E-state index in [2.05, 4.69) is 159 Å². The highest BCUT2D eigenvalue weighted by Crippen LogP contribution is 2.51. The molecule has 1 heteroatoms. The van der Waals surface area contributed by atoms with Crippen molar-refractivity contribution in [3.63, 3.8) is 0 Å². The van der Waals surface area contributed by atoms with Crippen LogP contribution in [-0.4, -0.2) is 4.57 Å². The van der Waals surface area contributed by atoms with Crippen molar-refractivity contribution in [3.05, 3.63) is 150 Å². The zero-order valence-corrected chi connectivity index (χ0v) is 23.6. The number of aryl methyl sites for hydroxylation is 1. The molecule has 1 aromatic heterocycles. The predicted octanol–water partition coefficient (Wildman–Crippen LogP) is 10.7. The van der Waals surface area contributed by atoms with Crippen LogP contribution in [0.2, 0.25) is 0 Å². The highest BCUT2D eigenvalue weighted by atomic mass is 15.0. The average molecular weight is 526 g/mol. The number of aromatic nitrogens is 1. The molecular weight excluding hydrogens is 494 g/mol. The summed E-state index contributed by atoms with van der Waals surface area (Å²) in [5, 5.41) is 2.58. The second kappa shape index (κ2) is 8.81. The lowest BCUT2D eigenvalue weighted by molar-refractivity contribution is 0.661. The van der Waals surface area contributed by atoms with E-state index in [1.165, 1.54) is 77.6 Å². The summed E-state index contributed by atoms with van der Waals surface area (Å²) >= 11 is 0. The van der Waals surface area contributed by atoms with Crippen LogP contribution in [0.5, 0.6) is 0 Å². The first-order valence-corrected chi connectivity index (χ1v) is 14.4. The topological polar surface area (TPSA) is 4.93 Å². The standard InChI is InChI=1S/C40H31N/c1-26-16-18-28(19-17-26)30-20-21-38-34(23-30)35-24-33-32-14-7-8-15-36(32)40(2,3)37(33)25-39(35)41(38)31-13-9-12-29(22-31)27-10-5-4-6-11-27/h4-25H,1-3H3. The van der Waals surface area contributed by atoms with E-state index >= 15 is 0 Å². The Hall–Kier alpha value is -4.88. The Kier molecular flexibility index (Phi) is 5.15. The first-order valence-electron chi connectivity index (χ1n) is 14.4. The van der Waals surface area contributed by atoms with Crippen LogP contribution in [0.3, 0.4) is 0 Å². The van der Waals surface area contributed by atoms with E-state index in [0.717, 1.165) is 0 Å². The molecule has 7 aromatic rings. The van der Waals surface area contributed by atoms with Gasteiger partial charge in [0.1, 0.15) is 0 Å². The van der Waals surface area contributed by atoms with Crippen LogP contribution >= 0.6 is 0 Å². The molecule has 6 aromatic carbocycles. The molecule has 1 heterocycles. The van der Waals surface area contributed by atoms with Crippen molar-refractivity contribution in [1.29, 1.82) is 0 Å². The third-order valence-corrected chi connectivity index (χ3v) is 9.06. The van der Waals surface area contributed by atoms with Gasteiger partial charge in [0.15, 0.2) is 0 Å². The molecule has 0 amide bonds. The molecule has 0 aliphatic heterocycles. The molecule has 0 bridgehead atoms. The summed E-state index contributed by atoms with van der Waals surface area (Å²) in [6, 6.07) is 49.3. The van der Waals surface area contributed by atoms with Crippen LogP contribution in [0.15, 0.2) is 133 Å². The number of hydrogen-bond donors (Lipinski definition) is 0. The van der Waals surface area contributed by atoms with E-state index in [9.17, 15) is 0 Å². The van der Waals surface area contributed by atoms with Crippen LogP contribution in [-0.2, 0) is 5.41 Å². The van der Waals surface area contributed by atoms with E-state index < -0.39 is 0 Å². The fourth-order valence-electron chi connectivity index (χ4n) is 6.87. The quantitative estimate of drug-likeness (QED) is 0.216. The summed E-state index contributed by atoms with van der Waals surface area (Å²) in [5.74, 6) is 0. The van der Waals surface area contributed by atoms with Crippen molar-refractivity contribution >= 4 is 21.8 Å². The van der Waals surface area contributed by atoms with E-state index in [1.54, 1.807) is 0 Å². The van der Waals surface area contributed by atoms with Gasteiger partial charge in [0, 0.05) is 21.9 Å². The zero-order chi connectivity index (χ0) is 27.7. The van der Waals surface area contributed by atoms with E-state index in [4.69, 9.17) is 0 Å². The largest absolute Gasteiger partial charge is 0.309 e. The van der Waals surface area contributed by atoms with E-state index in [1.807, 2.05) is 0 Å². The molecule has 0 saturated carbocycles. The summed E-state index contributed by atoms with van der Waals surface area (Å²) in [4.78, 5) is 0. The van der Waals surface area contributed by atoms with E-state index in [0.29, 0.717) is 0 Å². The zero-order valence-electron chi connectivity index (χ0n) is 23.6. The third kappa shape index (κ3) is 3.62. The molecule has 196 valence electrons. The average Bonchev–Trinajstić information content (AvgIpc) is 3.45. The SMILES string of the molecule is Cc1ccc(-c2ccc3c(c2)c2cc4c(cc2n3-c2cccc(-c3ccccc3)c2)C(C)(C)c2ccccc2-4)cc1. The molecule has 0 spiro atoms. The molecule has 0 N–H and O–H groups in total. The summed E-state index contributed by atoms with van der Waals surface area (Å²) in [7, 11) is 0. The van der Waals surface area contributed by atoms with Gasteiger partial charge >= 0.3 is 0 Å². The van der Waals surface area contributed by atoms with Gasteiger partial charge in [0.25, 0.3) is 0 Å². The van der Waals surface area contributed by atoms with Gasteiger partial charge in [-0.2, -0.15) is 0 Å². The molecule has 0 saturated heterocycles. The minimum atomic E-state index is -0.0552. The van der Waals surface area contributed by atoms with Crippen LogP contribution < -0.4 is 0 Å². The Morgan fingerprint density at radius 2 is 1.12 bits per heavy atom. The lowest BCUT2D eigenvalue weighted by atomic mass is 9.82. The number of benzene rings is 6. The number of nitrogens with zero attached hydrogens (tertiary/aromatic N) is 1. The predicted molar refractivity (Wildman–Crippen MR) is 174 cm³/mol. The van der Waals surface area contributed by atoms with Gasteiger partial charge in [-0.1, -0.05) is 116 Å². The molecule has 1 nitrogen and oxygen atoms in total. The number of hydrogen-bond acceptors (Lipinski definition) is 0. The van der Waals surface area contributed by atoms with Gasteiger partial charge in [-0.25, -0.2) is 0 Å². The molecule has 1 aliphatic rings. The Labute approximate surface area is 241 Å². The minimum absolute atomic E-state index is 0.0552. The van der Waals surface area contributed by atoms with E-state index in [-0.39, 0.29) is 5.41 Å². The Balaban J connectivity index is 1.44. The smallest absolute Gasteiger partial charge is 0.0544 e. The summed E-state index contributed by atoms with van der Waals surface area (Å²) in [6.07, 6.45) is 0. The van der Waals surface area contributed by atoms with Crippen LogP contribution in [0.4, 0.5) is 0 Å². The molecule has 0 unspecified atom stereocenters. The first-order chi connectivity index (χ1) is 20.0. The molecule has 1 aliphatic carbocycles. The highest BCUT2D eigenvalue weighted by molar-refractivity contribution is 6.12. The lowest BCUT2D eigenvalue weighted by Gasteiger charge is -2.21. The fourth-order valence-corrected chi connectivity index (χ4v) is 6.87. The molecule has 0 radical (unpaired) electrons. The molecule has 0 fully saturated rings. The number of rotatable bonds is 3. The summed E-state index contributed by atoms with van der Waals surface area (Å²) < 4.78 is 2.47. The van der Waals surface area contributed by atoms with Gasteiger partial charge in [-0.3, -0.25) is 0 Å². The van der Waals surface area contributed by atoms with Gasteiger partial charge in [-0.15, -0.1) is 0 Å². The maximum Gasteiger partial charge on any atom is 0.0544 e. The molecule has 41 heavy (non-hydrogen) atoms. The van der Waals surface area contributed by atoms with Crippen molar-refractivity contribution in [1.82, 2.24) is 4.57 Å². The third-order valence-electron chi connectivity index (χ3n) is 9.06. The monoisotopic (exact) mass is 525 g/mol. The molecule has 8 rings (SSSR count). The summed E-state index contributed by atoms with van der Waals surface area (Å²) in [5.41, 5.74) is 15.4. The lowest BCUT2D eigenvalue weighted by Crippen LogP contribution is -2.14. The van der Waals surface area contributed by atoms with Crippen molar-refractivity contribution in [2.45, 2.75) is 26.2 Å². The summed E-state index contributed by atoms with van der Waals surface area (Å²) in [6.45, 7) is 6.87. The van der Waals surface area contributed by atoms with Gasteiger partial charge in [0.05, 0.1) is 11.0 Å². The normalized spacial score (nSPS) is 13.4. The number of fused-ring (bicyclic) bond motifs is 6. The van der Waals surface area contributed by atoms with Crippen molar-refractivity contribution in [3.8, 4) is 39.1 Å². The van der Waals surface area contributed by atoms with Crippen LogP contribution in [0, 0.1) is 6.92 Å². The Bertz CT molecular complexity index is 2110. The van der Waals surface area contributed by atoms with Crippen molar-refractivity contribution in [2.24, 2.45) is 0 Å². The molecular formula is C40H31N. The maximum absolute atomic E-state index is 2.47. The van der Waals surface area contributed by atoms with Crippen LogP contribution in [0.25, 0.3) is 60.9 Å². The van der Waals surface area contributed by atoms with Crippen molar-refractivity contribution < 1.29 is 0 Å². The first kappa shape index (κ1) is 24.0. The van der Waals surface area contributed by atoms with Crippen LogP contribution in [0.1, 0.15) is 30.5 Å². The highest BCUT2D eigenvalue weighted by Gasteiger charge is 2.36. The van der Waals surface area contributed by atoms with Gasteiger partial charge < -0.3 is 4.57 Å². The second-order valence-electron chi connectivity index (χ2n) is 11.9. The minimum Gasteiger partial charge on any atom is -0.309 e. The molecule has 0 atom stereocenters. The van der Waals surface area contributed by atoms with Crippen molar-refractivity contribution in [2.75, 3.05) is 0 Å². The second-order valence-corrected chi connectivity index (χ2v) is 11.9. The maximum atomic E-state index is 2.47. The Morgan fingerprint density at radius 3 is 1.95 bits per heavy atom. The van der Waals surface area contributed by atoms with Gasteiger partial charge in [-0.05, 0) is 87.8 Å².